The Balaban J connectivity index is 1.86. The fraction of sp³-hybridized carbons (Fsp3) is 0.929. The van der Waals surface area contributed by atoms with Crippen molar-refractivity contribution in [1.82, 2.24) is 0 Å². The summed E-state index contributed by atoms with van der Waals surface area (Å²) in [5.41, 5.74) is 0. The smallest absolute Gasteiger partial charge is 0.309 e. The van der Waals surface area contributed by atoms with Gasteiger partial charge in [0.1, 0.15) is 6.10 Å². The van der Waals surface area contributed by atoms with Crippen LogP contribution in [0.25, 0.3) is 0 Å². The zero-order valence-electron chi connectivity index (χ0n) is 10.3. The number of esters is 1. The minimum Gasteiger partial charge on any atom is -0.462 e. The highest BCUT2D eigenvalue weighted by Gasteiger charge is 2.52. The van der Waals surface area contributed by atoms with Crippen molar-refractivity contribution >= 4 is 5.97 Å². The second-order valence-electron chi connectivity index (χ2n) is 6.13. The predicted octanol–water partition coefficient (Wildman–Crippen LogP) is 3.01. The van der Waals surface area contributed by atoms with Gasteiger partial charge in [0.15, 0.2) is 0 Å². The molecule has 0 amide bonds. The molecule has 0 bridgehead atoms. The van der Waals surface area contributed by atoms with Crippen molar-refractivity contribution in [1.29, 1.82) is 0 Å². The van der Waals surface area contributed by atoms with E-state index < -0.39 is 0 Å². The first-order valence-electron chi connectivity index (χ1n) is 6.89. The van der Waals surface area contributed by atoms with Gasteiger partial charge in [0.05, 0.1) is 5.92 Å². The average Bonchev–Trinajstić information content (AvgIpc) is 2.55. The third-order valence-electron chi connectivity index (χ3n) is 5.42. The SMILES string of the molecule is C[C@H]1[C@@H]2CCCC[C@H]2C[C@H]2C(=O)O[C@H](C)[C@@H]12. The van der Waals surface area contributed by atoms with Crippen molar-refractivity contribution in [2.24, 2.45) is 29.6 Å². The summed E-state index contributed by atoms with van der Waals surface area (Å²) < 4.78 is 5.45. The van der Waals surface area contributed by atoms with Crippen molar-refractivity contribution in [2.75, 3.05) is 0 Å². The van der Waals surface area contributed by atoms with E-state index in [0.29, 0.717) is 11.8 Å². The number of hydrogen-bond acceptors (Lipinski definition) is 2. The fourth-order valence-corrected chi connectivity index (χ4v) is 4.71. The quantitative estimate of drug-likeness (QED) is 0.589. The Kier molecular flexibility index (Phi) is 2.49. The lowest BCUT2D eigenvalue weighted by molar-refractivity contribution is -0.144. The van der Waals surface area contributed by atoms with Crippen molar-refractivity contribution < 1.29 is 9.53 Å². The second-order valence-corrected chi connectivity index (χ2v) is 6.13. The standard InChI is InChI=1S/C14H22O2/c1-8-11-6-4-3-5-10(11)7-12-13(8)9(2)16-14(12)15/h8-13H,3-7H2,1-2H3/t8-,9+,10-,11-,12+,13+/m0/s1. The molecular formula is C14H22O2. The molecule has 3 rings (SSSR count). The van der Waals surface area contributed by atoms with Crippen molar-refractivity contribution in [3.05, 3.63) is 0 Å². The number of rotatable bonds is 0. The molecule has 2 heteroatoms. The molecule has 1 saturated heterocycles. The molecule has 2 saturated carbocycles. The van der Waals surface area contributed by atoms with E-state index in [9.17, 15) is 4.79 Å². The minimum atomic E-state index is 0.0911. The van der Waals surface area contributed by atoms with E-state index in [-0.39, 0.29) is 18.0 Å². The van der Waals surface area contributed by atoms with Gasteiger partial charge in [-0.25, -0.2) is 0 Å². The van der Waals surface area contributed by atoms with Gasteiger partial charge in [0, 0.05) is 5.92 Å². The molecule has 90 valence electrons. The number of hydrogen-bond donors (Lipinski definition) is 0. The molecule has 1 heterocycles. The van der Waals surface area contributed by atoms with Crippen LogP contribution < -0.4 is 0 Å². The summed E-state index contributed by atoms with van der Waals surface area (Å²) in [7, 11) is 0. The third kappa shape index (κ3) is 1.42. The van der Waals surface area contributed by atoms with E-state index in [0.717, 1.165) is 18.3 Å². The molecule has 16 heavy (non-hydrogen) atoms. The molecule has 0 unspecified atom stereocenters. The molecule has 6 atom stereocenters. The van der Waals surface area contributed by atoms with E-state index >= 15 is 0 Å². The van der Waals surface area contributed by atoms with Gasteiger partial charge in [-0.05, 0) is 37.5 Å². The highest BCUT2D eigenvalue weighted by atomic mass is 16.6. The number of ether oxygens (including phenoxy) is 1. The van der Waals surface area contributed by atoms with Crippen LogP contribution in [0, 0.1) is 29.6 Å². The molecule has 0 N–H and O–H groups in total. The summed E-state index contributed by atoms with van der Waals surface area (Å²) in [6.45, 7) is 4.44. The van der Waals surface area contributed by atoms with Crippen LogP contribution in [0.1, 0.15) is 46.0 Å². The first-order chi connectivity index (χ1) is 7.68. The monoisotopic (exact) mass is 222 g/mol. The largest absolute Gasteiger partial charge is 0.462 e. The molecule has 2 nitrogen and oxygen atoms in total. The first-order valence-corrected chi connectivity index (χ1v) is 6.89. The third-order valence-corrected chi connectivity index (χ3v) is 5.42. The van der Waals surface area contributed by atoms with Gasteiger partial charge in [0.25, 0.3) is 0 Å². The van der Waals surface area contributed by atoms with E-state index in [1.807, 2.05) is 0 Å². The number of carbonyl (C=O) groups excluding carboxylic acids is 1. The number of cyclic esters (lactones) is 1. The maximum Gasteiger partial charge on any atom is 0.309 e. The maximum absolute atomic E-state index is 11.8. The molecule has 0 aromatic carbocycles. The van der Waals surface area contributed by atoms with Gasteiger partial charge in [-0.1, -0.05) is 26.2 Å². The minimum absolute atomic E-state index is 0.0911. The number of carbonyl (C=O) groups is 1. The summed E-state index contributed by atoms with van der Waals surface area (Å²) in [5.74, 6) is 3.19. The lowest BCUT2D eigenvalue weighted by Gasteiger charge is -2.45. The Morgan fingerprint density at radius 3 is 2.75 bits per heavy atom. The lowest BCUT2D eigenvalue weighted by Crippen LogP contribution is -2.42. The molecule has 1 aliphatic heterocycles. The number of fused-ring (bicyclic) bond motifs is 2. The molecule has 3 fully saturated rings. The van der Waals surface area contributed by atoms with Gasteiger partial charge in [-0.15, -0.1) is 0 Å². The molecule has 0 aromatic heterocycles. The van der Waals surface area contributed by atoms with Crippen molar-refractivity contribution in [2.45, 2.75) is 52.1 Å². The Labute approximate surface area is 97.7 Å². The lowest BCUT2D eigenvalue weighted by atomic mass is 9.58. The summed E-state index contributed by atoms with van der Waals surface area (Å²) in [6, 6.07) is 0. The van der Waals surface area contributed by atoms with E-state index in [2.05, 4.69) is 13.8 Å². The highest BCUT2D eigenvalue weighted by Crippen LogP contribution is 2.52. The molecule has 0 radical (unpaired) electrons. The zero-order valence-corrected chi connectivity index (χ0v) is 10.3. The summed E-state index contributed by atoms with van der Waals surface area (Å²) >= 11 is 0. The Bertz CT molecular complexity index is 299. The van der Waals surface area contributed by atoms with E-state index in [1.54, 1.807) is 0 Å². The van der Waals surface area contributed by atoms with Gasteiger partial charge < -0.3 is 4.74 Å². The van der Waals surface area contributed by atoms with Crippen LogP contribution in [0.4, 0.5) is 0 Å². The Morgan fingerprint density at radius 2 is 1.94 bits per heavy atom. The second kappa shape index (κ2) is 3.75. The Morgan fingerprint density at radius 1 is 1.19 bits per heavy atom. The molecule has 0 spiro atoms. The zero-order chi connectivity index (χ0) is 11.3. The molecule has 3 aliphatic rings. The van der Waals surface area contributed by atoms with Crippen molar-refractivity contribution in [3.63, 3.8) is 0 Å². The normalized spacial score (nSPS) is 51.8. The van der Waals surface area contributed by atoms with Gasteiger partial charge in [-0.3, -0.25) is 4.79 Å². The van der Waals surface area contributed by atoms with Crippen LogP contribution in [-0.2, 0) is 9.53 Å². The fourth-order valence-electron chi connectivity index (χ4n) is 4.71. The van der Waals surface area contributed by atoms with Crippen LogP contribution in [0.5, 0.6) is 0 Å². The Hall–Kier alpha value is -0.530. The summed E-state index contributed by atoms with van der Waals surface area (Å²) in [6.07, 6.45) is 6.77. The van der Waals surface area contributed by atoms with Gasteiger partial charge in [0.2, 0.25) is 0 Å². The molecular weight excluding hydrogens is 200 g/mol. The van der Waals surface area contributed by atoms with E-state index in [4.69, 9.17) is 4.74 Å². The van der Waals surface area contributed by atoms with Gasteiger partial charge >= 0.3 is 5.97 Å². The average molecular weight is 222 g/mol. The van der Waals surface area contributed by atoms with Crippen LogP contribution in [0.3, 0.4) is 0 Å². The van der Waals surface area contributed by atoms with Gasteiger partial charge in [-0.2, -0.15) is 0 Å². The first kappa shape index (κ1) is 10.6. The van der Waals surface area contributed by atoms with Crippen LogP contribution >= 0.6 is 0 Å². The van der Waals surface area contributed by atoms with Crippen LogP contribution in [0.15, 0.2) is 0 Å². The highest BCUT2D eigenvalue weighted by molar-refractivity contribution is 5.75. The topological polar surface area (TPSA) is 26.3 Å². The van der Waals surface area contributed by atoms with Crippen LogP contribution in [-0.4, -0.2) is 12.1 Å². The van der Waals surface area contributed by atoms with Crippen molar-refractivity contribution in [3.8, 4) is 0 Å². The predicted molar refractivity (Wildman–Crippen MR) is 61.8 cm³/mol. The summed E-state index contributed by atoms with van der Waals surface area (Å²) in [4.78, 5) is 11.8. The van der Waals surface area contributed by atoms with Crippen LogP contribution in [0.2, 0.25) is 0 Å². The molecule has 2 aliphatic carbocycles. The molecule has 0 aromatic rings. The summed E-state index contributed by atoms with van der Waals surface area (Å²) in [5, 5.41) is 0. The van der Waals surface area contributed by atoms with E-state index in [1.165, 1.54) is 25.7 Å². The maximum atomic E-state index is 11.8.